The minimum Gasteiger partial charge on any atom is -0.466 e. The summed E-state index contributed by atoms with van der Waals surface area (Å²) < 4.78 is 5.30. The summed E-state index contributed by atoms with van der Waals surface area (Å²) in [5, 5.41) is 10.5. The molecule has 0 bridgehead atoms. The summed E-state index contributed by atoms with van der Waals surface area (Å²) in [6, 6.07) is 1.25. The number of nitro groups is 1. The van der Waals surface area contributed by atoms with Gasteiger partial charge >= 0.3 is 11.8 Å². The lowest BCUT2D eigenvalue weighted by Gasteiger charge is -2.03. The van der Waals surface area contributed by atoms with Crippen molar-refractivity contribution in [2.45, 2.75) is 13.3 Å². The highest BCUT2D eigenvalue weighted by atomic mass is 79.9. The summed E-state index contributed by atoms with van der Waals surface area (Å²) in [5.74, 6) is -0.716. The molecule has 0 aliphatic heterocycles. The highest BCUT2D eigenvalue weighted by Gasteiger charge is 2.14. The van der Waals surface area contributed by atoms with Gasteiger partial charge in [0.25, 0.3) is 0 Å². The van der Waals surface area contributed by atoms with Crippen LogP contribution >= 0.6 is 15.9 Å². The Morgan fingerprint density at radius 1 is 1.69 bits per heavy atom. The zero-order chi connectivity index (χ0) is 12.1. The number of carbonyl (C=O) groups is 1. The van der Waals surface area contributed by atoms with E-state index in [-0.39, 0.29) is 18.8 Å². The molecule has 0 aromatic carbocycles. The molecule has 0 atom stereocenters. The van der Waals surface area contributed by atoms with Gasteiger partial charge in [-0.25, -0.2) is 0 Å². The van der Waals surface area contributed by atoms with Crippen molar-refractivity contribution in [3.63, 3.8) is 0 Å². The summed E-state index contributed by atoms with van der Waals surface area (Å²) in [6.07, 6.45) is 1.28. The fourth-order valence-electron chi connectivity index (χ4n) is 1.07. The van der Waals surface area contributed by atoms with E-state index < -0.39 is 10.9 Å². The second kappa shape index (κ2) is 5.55. The maximum atomic E-state index is 11.2. The third kappa shape index (κ3) is 3.27. The van der Waals surface area contributed by atoms with Gasteiger partial charge in [-0.3, -0.25) is 4.79 Å². The third-order valence-electron chi connectivity index (χ3n) is 1.75. The molecule has 0 fully saturated rings. The Morgan fingerprint density at radius 2 is 2.38 bits per heavy atom. The van der Waals surface area contributed by atoms with Crippen molar-refractivity contribution in [1.82, 2.24) is 4.98 Å². The van der Waals surface area contributed by atoms with Crippen LogP contribution in [-0.4, -0.2) is 22.5 Å². The van der Waals surface area contributed by atoms with E-state index in [9.17, 15) is 14.9 Å². The highest BCUT2D eigenvalue weighted by Crippen LogP contribution is 2.20. The lowest BCUT2D eigenvalue weighted by Crippen LogP contribution is -2.08. The molecule has 1 aromatic heterocycles. The van der Waals surface area contributed by atoms with E-state index >= 15 is 0 Å². The van der Waals surface area contributed by atoms with Crippen molar-refractivity contribution in [2.75, 3.05) is 6.61 Å². The fourth-order valence-corrected chi connectivity index (χ4v) is 1.43. The summed E-state index contributed by atoms with van der Waals surface area (Å²) in [6.45, 7) is 1.98. The maximum Gasteiger partial charge on any atom is 0.363 e. The summed E-state index contributed by atoms with van der Waals surface area (Å²) >= 11 is 3.17. The lowest BCUT2D eigenvalue weighted by atomic mass is 10.2. The monoisotopic (exact) mass is 288 g/mol. The van der Waals surface area contributed by atoms with Crippen LogP contribution in [0.25, 0.3) is 0 Å². The lowest BCUT2D eigenvalue weighted by molar-refractivity contribution is -0.389. The predicted octanol–water partition coefficient (Wildman–Crippen LogP) is 1.86. The standard InChI is InChI=1S/C9H9BrN2O4/c1-2-16-9(13)4-6-3-8(12(14)15)11-5-7(6)10/h3,5H,2,4H2,1H3. The zero-order valence-corrected chi connectivity index (χ0v) is 10.1. The molecule has 0 saturated carbocycles. The van der Waals surface area contributed by atoms with Crippen molar-refractivity contribution in [2.24, 2.45) is 0 Å². The van der Waals surface area contributed by atoms with Gasteiger partial charge in [-0.2, -0.15) is 0 Å². The molecule has 0 aliphatic carbocycles. The number of esters is 1. The molecule has 0 radical (unpaired) electrons. The van der Waals surface area contributed by atoms with Gasteiger partial charge in [-0.15, -0.1) is 0 Å². The van der Waals surface area contributed by atoms with E-state index in [1.54, 1.807) is 6.92 Å². The molecule has 1 heterocycles. The summed E-state index contributed by atoms with van der Waals surface area (Å²) in [7, 11) is 0. The number of aromatic nitrogens is 1. The number of carbonyl (C=O) groups excluding carboxylic acids is 1. The number of hydrogen-bond acceptors (Lipinski definition) is 5. The normalized spacial score (nSPS) is 9.88. The third-order valence-corrected chi connectivity index (χ3v) is 2.46. The van der Waals surface area contributed by atoms with Gasteiger partial charge in [0.2, 0.25) is 0 Å². The zero-order valence-electron chi connectivity index (χ0n) is 8.47. The smallest absolute Gasteiger partial charge is 0.363 e. The first-order valence-corrected chi connectivity index (χ1v) is 5.28. The second-order valence-corrected chi connectivity index (χ2v) is 3.73. The molecule has 0 spiro atoms. The van der Waals surface area contributed by atoms with Gasteiger partial charge in [-0.1, -0.05) is 0 Å². The van der Waals surface area contributed by atoms with Crippen molar-refractivity contribution < 1.29 is 14.5 Å². The first-order chi connectivity index (χ1) is 7.54. The van der Waals surface area contributed by atoms with E-state index in [1.165, 1.54) is 12.3 Å². The molecule has 0 aliphatic rings. The Kier molecular flexibility index (Phi) is 4.36. The first-order valence-electron chi connectivity index (χ1n) is 4.49. The van der Waals surface area contributed by atoms with Crippen LogP contribution in [0.15, 0.2) is 16.7 Å². The Morgan fingerprint density at radius 3 is 2.94 bits per heavy atom. The SMILES string of the molecule is CCOC(=O)Cc1cc([N+](=O)[O-])ncc1Br. The van der Waals surface area contributed by atoms with Crippen molar-refractivity contribution in [1.29, 1.82) is 0 Å². The van der Waals surface area contributed by atoms with Gasteiger partial charge in [-0.05, 0) is 38.3 Å². The Balaban J connectivity index is 2.90. The van der Waals surface area contributed by atoms with E-state index in [2.05, 4.69) is 20.9 Å². The Labute approximate surface area is 99.9 Å². The van der Waals surface area contributed by atoms with Crippen LogP contribution < -0.4 is 0 Å². The minimum atomic E-state index is -0.610. The Bertz CT molecular complexity index is 422. The largest absolute Gasteiger partial charge is 0.466 e. The summed E-state index contributed by atoms with van der Waals surface area (Å²) in [4.78, 5) is 24.7. The molecule has 0 amide bonds. The van der Waals surface area contributed by atoms with Crippen molar-refractivity contribution >= 4 is 27.7 Å². The molecule has 7 heteroatoms. The summed E-state index contributed by atoms with van der Waals surface area (Å²) in [5.41, 5.74) is 0.486. The van der Waals surface area contributed by atoms with E-state index in [0.717, 1.165) is 0 Å². The van der Waals surface area contributed by atoms with Gasteiger partial charge in [0.05, 0.1) is 17.5 Å². The molecule has 0 N–H and O–H groups in total. The molecular formula is C9H9BrN2O4. The van der Waals surface area contributed by atoms with Gasteiger partial charge in [0, 0.05) is 6.07 Å². The van der Waals surface area contributed by atoms with Gasteiger partial charge in [0.15, 0.2) is 6.20 Å². The van der Waals surface area contributed by atoms with E-state index in [1.807, 2.05) is 0 Å². The predicted molar refractivity (Wildman–Crippen MR) is 58.9 cm³/mol. The average Bonchev–Trinajstić information content (AvgIpc) is 2.21. The number of hydrogen-bond donors (Lipinski definition) is 0. The van der Waals surface area contributed by atoms with Gasteiger partial charge in [0.1, 0.15) is 0 Å². The first kappa shape index (κ1) is 12.6. The van der Waals surface area contributed by atoms with Crippen LogP contribution in [0, 0.1) is 10.1 Å². The molecule has 86 valence electrons. The van der Waals surface area contributed by atoms with Crippen LogP contribution in [0.4, 0.5) is 5.82 Å². The number of nitrogens with zero attached hydrogens (tertiary/aromatic N) is 2. The van der Waals surface area contributed by atoms with Gasteiger partial charge < -0.3 is 14.9 Å². The Hall–Kier alpha value is -1.50. The molecule has 0 saturated heterocycles. The number of halogens is 1. The van der Waals surface area contributed by atoms with Crippen LogP contribution in [0.1, 0.15) is 12.5 Å². The fraction of sp³-hybridized carbons (Fsp3) is 0.333. The molecule has 0 unspecified atom stereocenters. The number of rotatable bonds is 4. The molecule has 1 rings (SSSR count). The van der Waals surface area contributed by atoms with E-state index in [4.69, 9.17) is 4.74 Å². The van der Waals surface area contributed by atoms with Crippen LogP contribution in [0.2, 0.25) is 0 Å². The van der Waals surface area contributed by atoms with Crippen molar-refractivity contribution in [3.8, 4) is 0 Å². The number of ether oxygens (including phenoxy) is 1. The van der Waals surface area contributed by atoms with Crippen LogP contribution in [-0.2, 0) is 16.0 Å². The minimum absolute atomic E-state index is 0.0161. The highest BCUT2D eigenvalue weighted by molar-refractivity contribution is 9.10. The molecular weight excluding hydrogens is 280 g/mol. The van der Waals surface area contributed by atoms with E-state index in [0.29, 0.717) is 10.0 Å². The number of pyridine rings is 1. The quantitative estimate of drug-likeness (QED) is 0.480. The van der Waals surface area contributed by atoms with Crippen molar-refractivity contribution in [3.05, 3.63) is 32.4 Å². The van der Waals surface area contributed by atoms with Crippen LogP contribution in [0.5, 0.6) is 0 Å². The average molecular weight is 289 g/mol. The molecule has 1 aromatic rings. The maximum absolute atomic E-state index is 11.2. The molecule has 6 nitrogen and oxygen atoms in total. The molecule has 16 heavy (non-hydrogen) atoms. The second-order valence-electron chi connectivity index (χ2n) is 2.87. The van der Waals surface area contributed by atoms with Crippen LogP contribution in [0.3, 0.4) is 0 Å². The topological polar surface area (TPSA) is 82.3 Å².